The molecule has 12 aromatic rings. The van der Waals surface area contributed by atoms with E-state index in [1.165, 1.54) is 27.1 Å². The van der Waals surface area contributed by atoms with Crippen molar-refractivity contribution in [3.05, 3.63) is 223 Å². The largest absolute Gasteiger partial charge is 0.456 e. The smallest absolute Gasteiger partial charge is 0.136 e. The molecule has 0 saturated carbocycles. The van der Waals surface area contributed by atoms with Crippen molar-refractivity contribution < 1.29 is 8.83 Å². The van der Waals surface area contributed by atoms with E-state index in [4.69, 9.17) is 14.6 Å². The number of rotatable bonds is 4. The first-order valence-electron chi connectivity index (χ1n) is 20.2. The predicted molar refractivity (Wildman–Crippen MR) is 262 cm³/mol. The number of nitrogen functional groups attached to an aromatic ring is 1. The third-order valence-electron chi connectivity index (χ3n) is 11.0. The molecule has 0 aliphatic heterocycles. The Labute approximate surface area is 361 Å². The summed E-state index contributed by atoms with van der Waals surface area (Å²) in [5.74, 6) is 0. The Hall–Kier alpha value is -7.60. The summed E-state index contributed by atoms with van der Waals surface area (Å²) < 4.78 is 13.1. The van der Waals surface area contributed by atoms with Gasteiger partial charge in [0.25, 0.3) is 0 Å². The summed E-state index contributed by atoms with van der Waals surface area (Å²) in [5.41, 5.74) is 17.0. The summed E-state index contributed by atoms with van der Waals surface area (Å²) in [6.45, 7) is 0. The number of nitrogens with two attached hydrogens (primary N) is 1. The molecule has 12 rings (SSSR count). The summed E-state index contributed by atoms with van der Waals surface area (Å²) in [7, 11) is 0. The van der Waals surface area contributed by atoms with Crippen LogP contribution in [0.5, 0.6) is 0 Å². The molecule has 0 spiro atoms. The van der Waals surface area contributed by atoms with Crippen LogP contribution in [-0.4, -0.2) is 0 Å². The lowest BCUT2D eigenvalue weighted by atomic mass is 10.0. The van der Waals surface area contributed by atoms with Crippen LogP contribution < -0.4 is 11.1 Å². The topological polar surface area (TPSA) is 64.3 Å². The number of halogens is 1. The van der Waals surface area contributed by atoms with Crippen molar-refractivity contribution in [1.29, 1.82) is 0 Å². The molecule has 292 valence electrons. The van der Waals surface area contributed by atoms with Gasteiger partial charge in [0.05, 0.1) is 0 Å². The molecule has 0 amide bonds. The van der Waals surface area contributed by atoms with Crippen molar-refractivity contribution >= 4 is 98.4 Å². The number of para-hydroxylation sites is 2. The lowest BCUT2D eigenvalue weighted by Gasteiger charge is -2.11. The highest BCUT2D eigenvalue weighted by atomic mass is 79.9. The van der Waals surface area contributed by atoms with Crippen molar-refractivity contribution in [2.24, 2.45) is 0 Å². The van der Waals surface area contributed by atoms with Crippen LogP contribution in [0.4, 0.5) is 17.1 Å². The Bertz CT molecular complexity index is 3470. The zero-order valence-electron chi connectivity index (χ0n) is 33.1. The zero-order chi connectivity index (χ0) is 41.1. The molecular formula is C56H39BrN2O2. The van der Waals surface area contributed by atoms with Crippen LogP contribution in [0, 0.1) is 0 Å². The summed E-state index contributed by atoms with van der Waals surface area (Å²) in [6, 6.07) is 74.8. The van der Waals surface area contributed by atoms with Crippen LogP contribution in [0.25, 0.3) is 87.7 Å². The second-order valence-electron chi connectivity index (χ2n) is 14.9. The van der Waals surface area contributed by atoms with Crippen molar-refractivity contribution in [2.75, 3.05) is 11.1 Å². The van der Waals surface area contributed by atoms with Gasteiger partial charge in [0, 0.05) is 48.5 Å². The van der Waals surface area contributed by atoms with Crippen molar-refractivity contribution in [3.8, 4) is 22.3 Å². The number of fused-ring (bicyclic) bond motifs is 8. The Morgan fingerprint density at radius 2 is 0.770 bits per heavy atom. The third kappa shape index (κ3) is 7.83. The van der Waals surface area contributed by atoms with E-state index < -0.39 is 0 Å². The highest BCUT2D eigenvalue weighted by Crippen LogP contribution is 2.35. The molecule has 2 heterocycles. The SMILES string of the molecule is Brc1cccc2ccccc12.Nc1ccc(-c2ccc3c(c2)oc2ccccc23)cc1.c1ccc2c(Nc3ccc(-c4ccc5c(c4)oc4ccccc45)cc3)cccc2c1. The molecule has 10 aromatic carbocycles. The van der Waals surface area contributed by atoms with Crippen LogP contribution in [0.1, 0.15) is 0 Å². The fourth-order valence-corrected chi connectivity index (χ4v) is 8.42. The van der Waals surface area contributed by atoms with Gasteiger partial charge in [-0.3, -0.25) is 0 Å². The molecule has 2 aromatic heterocycles. The maximum atomic E-state index is 6.05. The van der Waals surface area contributed by atoms with Gasteiger partial charge in [0.15, 0.2) is 0 Å². The van der Waals surface area contributed by atoms with Gasteiger partial charge in [-0.15, -0.1) is 0 Å². The molecule has 0 atom stereocenters. The number of furan rings is 2. The summed E-state index contributed by atoms with van der Waals surface area (Å²) in [6.07, 6.45) is 0. The van der Waals surface area contributed by atoms with Gasteiger partial charge in [0.1, 0.15) is 22.3 Å². The summed E-state index contributed by atoms with van der Waals surface area (Å²) in [5, 5.41) is 13.2. The monoisotopic (exact) mass is 850 g/mol. The summed E-state index contributed by atoms with van der Waals surface area (Å²) >= 11 is 3.50. The minimum atomic E-state index is 0.776. The highest BCUT2D eigenvalue weighted by Gasteiger charge is 2.10. The highest BCUT2D eigenvalue weighted by molar-refractivity contribution is 9.10. The van der Waals surface area contributed by atoms with Crippen LogP contribution in [0.2, 0.25) is 0 Å². The van der Waals surface area contributed by atoms with Gasteiger partial charge in [-0.2, -0.15) is 0 Å². The quantitative estimate of drug-likeness (QED) is 0.173. The van der Waals surface area contributed by atoms with Gasteiger partial charge in [-0.1, -0.05) is 162 Å². The first-order valence-corrected chi connectivity index (χ1v) is 21.0. The van der Waals surface area contributed by atoms with E-state index in [-0.39, 0.29) is 0 Å². The van der Waals surface area contributed by atoms with Crippen LogP contribution >= 0.6 is 15.9 Å². The number of hydrogen-bond acceptors (Lipinski definition) is 4. The third-order valence-corrected chi connectivity index (χ3v) is 11.7. The van der Waals surface area contributed by atoms with Gasteiger partial charge < -0.3 is 19.9 Å². The molecule has 0 radical (unpaired) electrons. The normalized spacial score (nSPS) is 11.1. The van der Waals surface area contributed by atoms with E-state index in [1.807, 2.05) is 72.8 Å². The maximum Gasteiger partial charge on any atom is 0.136 e. The average molecular weight is 852 g/mol. The molecule has 61 heavy (non-hydrogen) atoms. The Morgan fingerprint density at radius 3 is 1.34 bits per heavy atom. The Kier molecular flexibility index (Phi) is 10.2. The second kappa shape index (κ2) is 16.6. The Balaban J connectivity index is 0.000000123. The number of benzene rings is 10. The number of hydrogen-bond donors (Lipinski definition) is 2. The van der Waals surface area contributed by atoms with E-state index >= 15 is 0 Å². The zero-order valence-corrected chi connectivity index (χ0v) is 34.6. The molecule has 0 aliphatic carbocycles. The molecule has 0 saturated heterocycles. The predicted octanol–water partition coefficient (Wildman–Crippen LogP) is 16.6. The van der Waals surface area contributed by atoms with E-state index in [1.54, 1.807) is 0 Å². The lowest BCUT2D eigenvalue weighted by molar-refractivity contribution is 0.668. The van der Waals surface area contributed by atoms with Crippen LogP contribution in [0.15, 0.2) is 232 Å². The van der Waals surface area contributed by atoms with E-state index in [0.717, 1.165) is 82.1 Å². The average Bonchev–Trinajstić information content (AvgIpc) is 3.88. The van der Waals surface area contributed by atoms with Crippen LogP contribution in [-0.2, 0) is 0 Å². The van der Waals surface area contributed by atoms with Gasteiger partial charge >= 0.3 is 0 Å². The molecule has 3 N–H and O–H groups in total. The van der Waals surface area contributed by atoms with E-state index in [9.17, 15) is 0 Å². The molecular weight excluding hydrogens is 813 g/mol. The second-order valence-corrected chi connectivity index (χ2v) is 15.8. The van der Waals surface area contributed by atoms with Crippen molar-refractivity contribution in [3.63, 3.8) is 0 Å². The molecule has 0 aliphatic rings. The molecule has 4 nitrogen and oxygen atoms in total. The molecule has 0 fully saturated rings. The molecule has 0 bridgehead atoms. The number of nitrogens with one attached hydrogen (secondary N) is 1. The molecule has 5 heteroatoms. The van der Waals surface area contributed by atoms with Gasteiger partial charge in [-0.25, -0.2) is 0 Å². The fraction of sp³-hybridized carbons (Fsp3) is 0. The van der Waals surface area contributed by atoms with Gasteiger partial charge in [0.2, 0.25) is 0 Å². The number of anilines is 3. The standard InChI is InChI=1S/C28H19NO.C18H13NO.C10H7Br/c1-2-8-23-20(6-1)7-5-10-26(23)29-22-15-12-19(13-16-22)21-14-17-25-24-9-3-4-11-27(24)30-28(25)18-21;19-14-8-5-12(6-9-14)13-7-10-16-15-3-1-2-4-17(15)20-18(16)11-13;11-10-7-3-5-8-4-1-2-6-9(8)10/h1-18,29H;1-11H,19H2;1-7H. The van der Waals surface area contributed by atoms with Gasteiger partial charge in [-0.05, 0) is 111 Å². The first-order chi connectivity index (χ1) is 30.0. The Morgan fingerprint density at radius 1 is 0.344 bits per heavy atom. The van der Waals surface area contributed by atoms with E-state index in [2.05, 4.69) is 167 Å². The lowest BCUT2D eigenvalue weighted by Crippen LogP contribution is -1.91. The van der Waals surface area contributed by atoms with E-state index in [0.29, 0.717) is 0 Å². The minimum absolute atomic E-state index is 0.776. The van der Waals surface area contributed by atoms with Crippen LogP contribution in [0.3, 0.4) is 0 Å². The summed E-state index contributed by atoms with van der Waals surface area (Å²) in [4.78, 5) is 0. The maximum absolute atomic E-state index is 6.05. The molecule has 0 unspecified atom stereocenters. The first kappa shape index (κ1) is 37.7. The van der Waals surface area contributed by atoms with Crippen molar-refractivity contribution in [1.82, 2.24) is 0 Å². The minimum Gasteiger partial charge on any atom is -0.456 e. The fourth-order valence-electron chi connectivity index (χ4n) is 7.91. The van der Waals surface area contributed by atoms with Crippen molar-refractivity contribution in [2.45, 2.75) is 0 Å².